The summed E-state index contributed by atoms with van der Waals surface area (Å²) in [5.74, 6) is 0.622. The molecule has 1 N–H and O–H groups in total. The fraction of sp³-hybridized carbons (Fsp3) is 0.667. The normalized spacial score (nSPS) is 23.9. The van der Waals surface area contributed by atoms with Gasteiger partial charge in [0.2, 0.25) is 11.8 Å². The summed E-state index contributed by atoms with van der Waals surface area (Å²) in [6, 6.07) is 8.63. The Bertz CT molecular complexity index is 704. The number of amides is 2. The van der Waals surface area contributed by atoms with E-state index in [1.807, 2.05) is 0 Å². The number of rotatable bonds is 4. The average molecular weight is 398 g/mol. The largest absolute Gasteiger partial charge is 0.348 e. The van der Waals surface area contributed by atoms with Crippen LogP contribution in [0, 0.1) is 5.92 Å². The van der Waals surface area contributed by atoms with E-state index in [4.69, 9.17) is 0 Å². The second-order valence-corrected chi connectivity index (χ2v) is 9.00. The number of fused-ring (bicyclic) bond motifs is 1. The van der Waals surface area contributed by atoms with Crippen LogP contribution in [0.3, 0.4) is 0 Å². The molecule has 2 saturated heterocycles. The van der Waals surface area contributed by atoms with Crippen molar-refractivity contribution < 1.29 is 9.59 Å². The van der Waals surface area contributed by atoms with Crippen molar-refractivity contribution in [3.63, 3.8) is 0 Å². The van der Waals surface area contributed by atoms with E-state index in [0.717, 1.165) is 71.1 Å². The lowest BCUT2D eigenvalue weighted by Gasteiger charge is -2.34. The van der Waals surface area contributed by atoms with Gasteiger partial charge >= 0.3 is 0 Å². The SMILES string of the molecule is O=C(CN1CCC(C(=O)N2CCCCCC2)CC1)N[C@H]1CCCc2ccccc21. The number of benzene rings is 1. The van der Waals surface area contributed by atoms with Gasteiger partial charge in [0.05, 0.1) is 12.6 Å². The van der Waals surface area contributed by atoms with Gasteiger partial charge in [0.25, 0.3) is 0 Å². The first kappa shape index (κ1) is 20.4. The Kier molecular flexibility index (Phi) is 6.86. The van der Waals surface area contributed by atoms with Gasteiger partial charge in [-0.05, 0) is 69.2 Å². The van der Waals surface area contributed by atoms with Gasteiger partial charge in [0.1, 0.15) is 0 Å². The van der Waals surface area contributed by atoms with Gasteiger partial charge in [-0.3, -0.25) is 14.5 Å². The molecule has 5 nitrogen and oxygen atoms in total. The molecule has 2 fully saturated rings. The fourth-order valence-corrected chi connectivity index (χ4v) is 5.23. The van der Waals surface area contributed by atoms with Crippen LogP contribution in [0.1, 0.15) is 68.5 Å². The molecule has 1 aromatic rings. The summed E-state index contributed by atoms with van der Waals surface area (Å²) in [6.45, 7) is 4.01. The molecule has 5 heteroatoms. The van der Waals surface area contributed by atoms with Crippen LogP contribution in [0.15, 0.2) is 24.3 Å². The molecular formula is C24H35N3O2. The van der Waals surface area contributed by atoms with E-state index < -0.39 is 0 Å². The molecular weight excluding hydrogens is 362 g/mol. The third-order valence-corrected chi connectivity index (χ3v) is 6.93. The Morgan fingerprint density at radius 2 is 1.62 bits per heavy atom. The molecule has 158 valence electrons. The van der Waals surface area contributed by atoms with Crippen LogP contribution in [0.4, 0.5) is 0 Å². The van der Waals surface area contributed by atoms with Gasteiger partial charge in [-0.2, -0.15) is 0 Å². The number of likely N-dealkylation sites (tertiary alicyclic amines) is 2. The minimum atomic E-state index is 0.115. The number of hydrogen-bond donors (Lipinski definition) is 1. The van der Waals surface area contributed by atoms with Crippen molar-refractivity contribution in [2.75, 3.05) is 32.7 Å². The summed E-state index contributed by atoms with van der Waals surface area (Å²) in [4.78, 5) is 29.8. The molecule has 4 rings (SSSR count). The molecule has 29 heavy (non-hydrogen) atoms. The van der Waals surface area contributed by atoms with Crippen molar-refractivity contribution in [1.82, 2.24) is 15.1 Å². The molecule has 1 aliphatic carbocycles. The van der Waals surface area contributed by atoms with Crippen molar-refractivity contribution in [2.24, 2.45) is 5.92 Å². The van der Waals surface area contributed by atoms with Crippen molar-refractivity contribution in [2.45, 2.75) is 63.8 Å². The van der Waals surface area contributed by atoms with E-state index in [-0.39, 0.29) is 17.9 Å². The first-order valence-corrected chi connectivity index (χ1v) is 11.6. The highest BCUT2D eigenvalue weighted by atomic mass is 16.2. The molecule has 0 spiro atoms. The van der Waals surface area contributed by atoms with Crippen molar-refractivity contribution >= 4 is 11.8 Å². The zero-order valence-electron chi connectivity index (χ0n) is 17.6. The summed E-state index contributed by atoms with van der Waals surface area (Å²) in [5, 5.41) is 3.26. The standard InChI is InChI=1S/C24H35N3O2/c28-23(25-22-11-7-9-19-8-3-4-10-21(19)22)18-26-16-12-20(13-17-26)24(29)27-14-5-1-2-6-15-27/h3-4,8,10,20,22H,1-2,5-7,9,11-18H2,(H,25,28)/t22-/m0/s1. The third kappa shape index (κ3) is 5.19. The van der Waals surface area contributed by atoms with Gasteiger partial charge < -0.3 is 10.2 Å². The maximum absolute atomic E-state index is 12.8. The topological polar surface area (TPSA) is 52.7 Å². The number of aryl methyl sites for hydroxylation is 1. The predicted molar refractivity (Wildman–Crippen MR) is 114 cm³/mol. The number of piperidine rings is 1. The van der Waals surface area contributed by atoms with Gasteiger partial charge in [-0.1, -0.05) is 37.1 Å². The summed E-state index contributed by atoms with van der Waals surface area (Å²) < 4.78 is 0. The van der Waals surface area contributed by atoms with Crippen LogP contribution in [0.5, 0.6) is 0 Å². The Morgan fingerprint density at radius 3 is 2.38 bits per heavy atom. The molecule has 2 heterocycles. The van der Waals surface area contributed by atoms with E-state index in [1.165, 1.54) is 24.0 Å². The van der Waals surface area contributed by atoms with Gasteiger partial charge in [-0.25, -0.2) is 0 Å². The van der Waals surface area contributed by atoms with Crippen LogP contribution < -0.4 is 5.32 Å². The number of nitrogens with one attached hydrogen (secondary N) is 1. The van der Waals surface area contributed by atoms with Crippen LogP contribution in [-0.2, 0) is 16.0 Å². The fourth-order valence-electron chi connectivity index (χ4n) is 5.23. The van der Waals surface area contributed by atoms with E-state index in [9.17, 15) is 9.59 Å². The van der Waals surface area contributed by atoms with E-state index in [0.29, 0.717) is 12.5 Å². The molecule has 2 amide bonds. The minimum absolute atomic E-state index is 0.115. The molecule has 1 atom stereocenters. The predicted octanol–water partition coefficient (Wildman–Crippen LogP) is 3.29. The molecule has 0 aromatic heterocycles. The monoisotopic (exact) mass is 397 g/mol. The first-order valence-electron chi connectivity index (χ1n) is 11.6. The lowest BCUT2D eigenvalue weighted by Crippen LogP contribution is -2.46. The third-order valence-electron chi connectivity index (χ3n) is 6.93. The number of nitrogens with zero attached hydrogens (tertiary/aromatic N) is 2. The Hall–Kier alpha value is -1.88. The van der Waals surface area contributed by atoms with Gasteiger partial charge in [-0.15, -0.1) is 0 Å². The highest BCUT2D eigenvalue weighted by molar-refractivity contribution is 5.80. The second-order valence-electron chi connectivity index (χ2n) is 9.00. The van der Waals surface area contributed by atoms with E-state index in [1.54, 1.807) is 0 Å². The van der Waals surface area contributed by atoms with Crippen LogP contribution in [0.25, 0.3) is 0 Å². The Labute approximate surface area is 174 Å². The van der Waals surface area contributed by atoms with Crippen LogP contribution >= 0.6 is 0 Å². The highest BCUT2D eigenvalue weighted by Crippen LogP contribution is 2.29. The quantitative estimate of drug-likeness (QED) is 0.848. The molecule has 0 radical (unpaired) electrons. The molecule has 1 aromatic carbocycles. The van der Waals surface area contributed by atoms with Crippen molar-refractivity contribution in [3.8, 4) is 0 Å². The van der Waals surface area contributed by atoms with Crippen molar-refractivity contribution in [1.29, 1.82) is 0 Å². The highest BCUT2D eigenvalue weighted by Gasteiger charge is 2.30. The molecule has 0 bridgehead atoms. The first-order chi connectivity index (χ1) is 14.2. The maximum atomic E-state index is 12.8. The number of hydrogen-bond acceptors (Lipinski definition) is 3. The summed E-state index contributed by atoms with van der Waals surface area (Å²) in [6.07, 6.45) is 9.84. The smallest absolute Gasteiger partial charge is 0.234 e. The number of carbonyl (C=O) groups is 2. The second kappa shape index (κ2) is 9.75. The minimum Gasteiger partial charge on any atom is -0.348 e. The van der Waals surface area contributed by atoms with Gasteiger partial charge in [0.15, 0.2) is 0 Å². The van der Waals surface area contributed by atoms with E-state index >= 15 is 0 Å². The zero-order valence-corrected chi connectivity index (χ0v) is 17.6. The van der Waals surface area contributed by atoms with Crippen LogP contribution in [-0.4, -0.2) is 54.3 Å². The van der Waals surface area contributed by atoms with E-state index in [2.05, 4.69) is 39.4 Å². The molecule has 0 saturated carbocycles. The summed E-state index contributed by atoms with van der Waals surface area (Å²) >= 11 is 0. The van der Waals surface area contributed by atoms with Crippen molar-refractivity contribution in [3.05, 3.63) is 35.4 Å². The molecule has 0 unspecified atom stereocenters. The lowest BCUT2D eigenvalue weighted by molar-refractivity contribution is -0.137. The van der Waals surface area contributed by atoms with Crippen LogP contribution in [0.2, 0.25) is 0 Å². The Balaban J connectivity index is 1.24. The zero-order chi connectivity index (χ0) is 20.1. The maximum Gasteiger partial charge on any atom is 0.234 e. The van der Waals surface area contributed by atoms with Gasteiger partial charge in [0, 0.05) is 19.0 Å². The molecule has 3 aliphatic rings. The Morgan fingerprint density at radius 1 is 0.897 bits per heavy atom. The summed E-state index contributed by atoms with van der Waals surface area (Å²) in [7, 11) is 0. The molecule has 2 aliphatic heterocycles. The number of carbonyl (C=O) groups excluding carboxylic acids is 2. The average Bonchev–Trinajstić information content (AvgIpc) is 3.04. The lowest BCUT2D eigenvalue weighted by atomic mass is 9.88. The summed E-state index contributed by atoms with van der Waals surface area (Å²) in [5.41, 5.74) is 2.66.